The Morgan fingerprint density at radius 1 is 1.12 bits per heavy atom. The molecule has 0 bridgehead atoms. The van der Waals surface area contributed by atoms with Crippen molar-refractivity contribution in [2.24, 2.45) is 4.99 Å². The minimum atomic E-state index is -0.639. The van der Waals surface area contributed by atoms with Crippen LogP contribution in [0.15, 0.2) is 64.5 Å². The van der Waals surface area contributed by atoms with E-state index >= 15 is 0 Å². The van der Waals surface area contributed by atoms with E-state index < -0.39 is 11.9 Å². The second-order valence-corrected chi connectivity index (χ2v) is 7.64. The molecule has 166 valence electrons. The van der Waals surface area contributed by atoms with Gasteiger partial charge in [-0.05, 0) is 67.1 Å². The van der Waals surface area contributed by atoms with Crippen LogP contribution in [0, 0.1) is 5.82 Å². The standard InChI is InChI=1S/C23H21FN2O5S/c1-3-31-22(29)16-6-10-18(11-7-16)25-23-26(13-12-15-4-8-17(24)9-5-15)21(28)19(32-23)14-20(27)30-2/h4-11,14H,3,12-13H2,1-2H3/b19-14+,25-23?. The molecule has 1 amide bonds. The molecule has 32 heavy (non-hydrogen) atoms. The van der Waals surface area contributed by atoms with Gasteiger partial charge in [0.15, 0.2) is 5.17 Å². The molecule has 1 heterocycles. The zero-order valence-electron chi connectivity index (χ0n) is 17.5. The highest BCUT2D eigenvalue weighted by Gasteiger charge is 2.34. The number of carbonyl (C=O) groups excluding carboxylic acids is 3. The van der Waals surface area contributed by atoms with Gasteiger partial charge in [0.25, 0.3) is 5.91 Å². The SMILES string of the molecule is CCOC(=O)c1ccc(N=C2S/C(=C/C(=O)OC)C(=O)N2CCc2ccc(F)cc2)cc1. The van der Waals surface area contributed by atoms with Crippen LogP contribution >= 0.6 is 11.8 Å². The van der Waals surface area contributed by atoms with Crippen LogP contribution in [0.3, 0.4) is 0 Å². The normalized spacial score (nSPS) is 16.0. The molecule has 0 N–H and O–H groups in total. The predicted molar refractivity (Wildman–Crippen MR) is 119 cm³/mol. The fourth-order valence-corrected chi connectivity index (χ4v) is 3.83. The first kappa shape index (κ1) is 23.2. The minimum Gasteiger partial charge on any atom is -0.466 e. The maximum atomic E-state index is 13.2. The van der Waals surface area contributed by atoms with Crippen molar-refractivity contribution in [3.63, 3.8) is 0 Å². The summed E-state index contributed by atoms with van der Waals surface area (Å²) in [5, 5.41) is 0.385. The van der Waals surface area contributed by atoms with Gasteiger partial charge >= 0.3 is 11.9 Å². The van der Waals surface area contributed by atoms with Gasteiger partial charge in [-0.3, -0.25) is 9.69 Å². The molecule has 0 atom stereocenters. The molecular formula is C23H21FN2O5S. The van der Waals surface area contributed by atoms with Crippen LogP contribution in [0.1, 0.15) is 22.8 Å². The fraction of sp³-hybridized carbons (Fsp3) is 0.217. The zero-order valence-corrected chi connectivity index (χ0v) is 18.4. The quantitative estimate of drug-likeness (QED) is 0.465. The molecule has 1 saturated heterocycles. The second-order valence-electron chi connectivity index (χ2n) is 6.63. The number of thioether (sulfide) groups is 1. The summed E-state index contributed by atoms with van der Waals surface area (Å²) in [6.07, 6.45) is 1.60. The third kappa shape index (κ3) is 5.82. The lowest BCUT2D eigenvalue weighted by Gasteiger charge is -2.15. The average molecular weight is 456 g/mol. The molecule has 0 radical (unpaired) electrons. The molecule has 9 heteroatoms. The number of carbonyl (C=O) groups is 3. The molecule has 1 aliphatic heterocycles. The minimum absolute atomic E-state index is 0.192. The summed E-state index contributed by atoms with van der Waals surface area (Å²) in [6.45, 7) is 2.29. The van der Waals surface area contributed by atoms with Crippen LogP contribution in [0.4, 0.5) is 10.1 Å². The number of nitrogens with zero attached hydrogens (tertiary/aromatic N) is 2. The van der Waals surface area contributed by atoms with Crippen molar-refractivity contribution in [3.05, 3.63) is 76.5 Å². The summed E-state index contributed by atoms with van der Waals surface area (Å²) in [5.74, 6) is -1.77. The Bertz CT molecular complexity index is 1060. The largest absolute Gasteiger partial charge is 0.466 e. The summed E-state index contributed by atoms with van der Waals surface area (Å²) in [4.78, 5) is 42.5. The van der Waals surface area contributed by atoms with E-state index in [9.17, 15) is 18.8 Å². The van der Waals surface area contributed by atoms with Gasteiger partial charge in [0.05, 0.1) is 29.9 Å². The van der Waals surface area contributed by atoms with Crippen molar-refractivity contribution in [1.29, 1.82) is 0 Å². The van der Waals surface area contributed by atoms with Crippen LogP contribution < -0.4 is 0 Å². The average Bonchev–Trinajstić information content (AvgIpc) is 3.07. The van der Waals surface area contributed by atoms with E-state index in [0.717, 1.165) is 23.4 Å². The predicted octanol–water partition coefficient (Wildman–Crippen LogP) is 3.86. The van der Waals surface area contributed by atoms with Gasteiger partial charge in [-0.1, -0.05) is 12.1 Å². The highest BCUT2D eigenvalue weighted by atomic mass is 32.2. The molecule has 1 fully saturated rings. The van der Waals surface area contributed by atoms with Crippen molar-refractivity contribution in [2.45, 2.75) is 13.3 Å². The van der Waals surface area contributed by atoms with Gasteiger partial charge in [-0.2, -0.15) is 0 Å². The van der Waals surface area contributed by atoms with E-state index in [0.29, 0.717) is 22.8 Å². The van der Waals surface area contributed by atoms with E-state index in [1.165, 1.54) is 24.1 Å². The van der Waals surface area contributed by atoms with Crippen molar-refractivity contribution < 1.29 is 28.2 Å². The first-order valence-electron chi connectivity index (χ1n) is 9.81. The Morgan fingerprint density at radius 2 is 1.81 bits per heavy atom. The first-order chi connectivity index (χ1) is 15.4. The van der Waals surface area contributed by atoms with E-state index in [1.807, 2.05) is 0 Å². The Labute approximate surface area is 188 Å². The van der Waals surface area contributed by atoms with Crippen molar-refractivity contribution in [3.8, 4) is 0 Å². The molecular weight excluding hydrogens is 435 g/mol. The number of halogens is 1. The Morgan fingerprint density at radius 3 is 2.44 bits per heavy atom. The van der Waals surface area contributed by atoms with Crippen molar-refractivity contribution in [2.75, 3.05) is 20.3 Å². The summed E-state index contributed by atoms with van der Waals surface area (Å²) in [7, 11) is 1.23. The van der Waals surface area contributed by atoms with E-state index in [4.69, 9.17) is 4.74 Å². The molecule has 0 spiro atoms. The van der Waals surface area contributed by atoms with Crippen molar-refractivity contribution in [1.82, 2.24) is 4.90 Å². The lowest BCUT2D eigenvalue weighted by molar-refractivity contribution is -0.135. The maximum absolute atomic E-state index is 13.2. The van der Waals surface area contributed by atoms with E-state index in [2.05, 4.69) is 9.73 Å². The highest BCUT2D eigenvalue weighted by Crippen LogP contribution is 2.33. The van der Waals surface area contributed by atoms with Crippen LogP contribution in [-0.4, -0.2) is 48.2 Å². The maximum Gasteiger partial charge on any atom is 0.338 e. The number of ether oxygens (including phenoxy) is 2. The third-order valence-electron chi connectivity index (χ3n) is 4.48. The molecule has 7 nitrogen and oxygen atoms in total. The van der Waals surface area contributed by atoms with Crippen molar-refractivity contribution >= 4 is 40.5 Å². The fourth-order valence-electron chi connectivity index (χ4n) is 2.84. The summed E-state index contributed by atoms with van der Waals surface area (Å²) >= 11 is 1.06. The van der Waals surface area contributed by atoms with Gasteiger partial charge in [0, 0.05) is 12.6 Å². The van der Waals surface area contributed by atoms with E-state index in [-0.39, 0.29) is 29.8 Å². The molecule has 0 saturated carbocycles. The molecule has 0 aromatic heterocycles. The Balaban J connectivity index is 1.84. The van der Waals surface area contributed by atoms with Gasteiger partial charge in [-0.25, -0.2) is 19.0 Å². The smallest absolute Gasteiger partial charge is 0.338 e. The Kier molecular flexibility index (Phi) is 7.77. The van der Waals surface area contributed by atoms with Crippen LogP contribution in [-0.2, 0) is 25.5 Å². The van der Waals surface area contributed by atoms with Crippen LogP contribution in [0.5, 0.6) is 0 Å². The molecule has 2 aromatic carbocycles. The van der Waals surface area contributed by atoms with Gasteiger partial charge in [0.2, 0.25) is 0 Å². The monoisotopic (exact) mass is 456 g/mol. The van der Waals surface area contributed by atoms with Gasteiger partial charge < -0.3 is 9.47 Å². The third-order valence-corrected chi connectivity index (χ3v) is 5.49. The van der Waals surface area contributed by atoms with Crippen LogP contribution in [0.2, 0.25) is 0 Å². The molecule has 1 aliphatic rings. The number of hydrogen-bond acceptors (Lipinski definition) is 7. The summed E-state index contributed by atoms with van der Waals surface area (Å²) < 4.78 is 22.8. The lowest BCUT2D eigenvalue weighted by Crippen LogP contribution is -2.31. The van der Waals surface area contributed by atoms with E-state index in [1.54, 1.807) is 43.3 Å². The van der Waals surface area contributed by atoms with Gasteiger partial charge in [0.1, 0.15) is 5.82 Å². The first-order valence-corrected chi connectivity index (χ1v) is 10.6. The number of methoxy groups -OCH3 is 1. The zero-order chi connectivity index (χ0) is 23.1. The molecule has 3 rings (SSSR count). The lowest BCUT2D eigenvalue weighted by atomic mass is 10.1. The second kappa shape index (κ2) is 10.7. The summed E-state index contributed by atoms with van der Waals surface area (Å²) in [6, 6.07) is 12.5. The number of hydrogen-bond donors (Lipinski definition) is 0. The molecule has 0 aliphatic carbocycles. The highest BCUT2D eigenvalue weighted by molar-refractivity contribution is 8.18. The molecule has 2 aromatic rings. The number of amides is 1. The van der Waals surface area contributed by atoms with Gasteiger partial charge in [-0.15, -0.1) is 0 Å². The summed E-state index contributed by atoms with van der Waals surface area (Å²) in [5.41, 5.74) is 1.78. The number of amidine groups is 1. The topological polar surface area (TPSA) is 85.3 Å². The Hall–Kier alpha value is -3.46. The number of rotatable bonds is 7. The number of esters is 2. The molecule has 0 unspecified atom stereocenters. The number of benzene rings is 2. The van der Waals surface area contributed by atoms with Crippen LogP contribution in [0.25, 0.3) is 0 Å². The number of aliphatic imine (C=N–C) groups is 1.